The summed E-state index contributed by atoms with van der Waals surface area (Å²) < 4.78 is 0. The van der Waals surface area contributed by atoms with E-state index < -0.39 is 0 Å². The zero-order valence-corrected chi connectivity index (χ0v) is 9.98. The number of para-hydroxylation sites is 2. The molecule has 5 nitrogen and oxygen atoms in total. The van der Waals surface area contributed by atoms with Crippen molar-refractivity contribution in [3.05, 3.63) is 24.3 Å². The van der Waals surface area contributed by atoms with E-state index in [0.29, 0.717) is 5.69 Å². The molecule has 18 heavy (non-hydrogen) atoms. The molecular formula is C13H15N3O2. The number of hydrogen-bond donors (Lipinski definition) is 2. The molecule has 1 saturated heterocycles. The van der Waals surface area contributed by atoms with Crippen molar-refractivity contribution >= 4 is 23.2 Å². The van der Waals surface area contributed by atoms with E-state index in [0.717, 1.165) is 25.1 Å². The smallest absolute Gasteiger partial charge is 0.244 e. The molecule has 0 unspecified atom stereocenters. The van der Waals surface area contributed by atoms with Crippen LogP contribution in [0.1, 0.15) is 12.8 Å². The van der Waals surface area contributed by atoms with Crippen LogP contribution in [-0.4, -0.2) is 30.9 Å². The van der Waals surface area contributed by atoms with Crippen molar-refractivity contribution in [2.24, 2.45) is 0 Å². The highest BCUT2D eigenvalue weighted by Gasteiger charge is 2.32. The third-order valence-electron chi connectivity index (χ3n) is 3.40. The second kappa shape index (κ2) is 4.42. The summed E-state index contributed by atoms with van der Waals surface area (Å²) in [5.74, 6) is -0.144. The van der Waals surface area contributed by atoms with Gasteiger partial charge in [-0.1, -0.05) is 12.1 Å². The molecule has 5 heteroatoms. The van der Waals surface area contributed by atoms with Crippen LogP contribution in [0, 0.1) is 0 Å². The summed E-state index contributed by atoms with van der Waals surface area (Å²) in [6.45, 7) is 0.978. The highest BCUT2D eigenvalue weighted by molar-refractivity contribution is 6.11. The van der Waals surface area contributed by atoms with Gasteiger partial charge in [0.1, 0.15) is 6.54 Å². The normalized spacial score (nSPS) is 22.6. The fraction of sp³-hybridized carbons (Fsp3) is 0.385. The Labute approximate surface area is 105 Å². The maximum Gasteiger partial charge on any atom is 0.244 e. The molecule has 0 saturated carbocycles. The van der Waals surface area contributed by atoms with Crippen LogP contribution in [0.5, 0.6) is 0 Å². The predicted octanol–water partition coefficient (Wildman–Crippen LogP) is 0.724. The van der Waals surface area contributed by atoms with E-state index in [2.05, 4.69) is 10.6 Å². The number of hydrogen-bond acceptors (Lipinski definition) is 3. The highest BCUT2D eigenvalue weighted by atomic mass is 16.2. The molecule has 1 atom stereocenters. The minimum atomic E-state index is -0.149. The number of nitrogens with zero attached hydrogens (tertiary/aromatic N) is 1. The van der Waals surface area contributed by atoms with Gasteiger partial charge in [0.2, 0.25) is 11.8 Å². The van der Waals surface area contributed by atoms with Gasteiger partial charge in [-0.3, -0.25) is 14.5 Å². The number of carbonyl (C=O) groups is 2. The largest absolute Gasteiger partial charge is 0.323 e. The molecule has 0 aromatic heterocycles. The summed E-state index contributed by atoms with van der Waals surface area (Å²) in [5, 5.41) is 5.96. The minimum Gasteiger partial charge on any atom is -0.323 e. The zero-order valence-electron chi connectivity index (χ0n) is 9.98. The maximum absolute atomic E-state index is 12.4. The molecule has 0 bridgehead atoms. The van der Waals surface area contributed by atoms with Gasteiger partial charge in [0, 0.05) is 0 Å². The van der Waals surface area contributed by atoms with Crippen LogP contribution in [-0.2, 0) is 9.59 Å². The maximum atomic E-state index is 12.4. The van der Waals surface area contributed by atoms with Crippen molar-refractivity contribution < 1.29 is 9.59 Å². The quantitative estimate of drug-likeness (QED) is 0.766. The van der Waals surface area contributed by atoms with Crippen molar-refractivity contribution in [2.45, 2.75) is 18.9 Å². The molecule has 2 N–H and O–H groups in total. The summed E-state index contributed by atoms with van der Waals surface area (Å²) in [5.41, 5.74) is 1.50. The minimum absolute atomic E-state index is 0.00481. The Morgan fingerprint density at radius 1 is 1.33 bits per heavy atom. The van der Waals surface area contributed by atoms with Crippen LogP contribution in [0.2, 0.25) is 0 Å². The second-order valence-electron chi connectivity index (χ2n) is 4.64. The van der Waals surface area contributed by atoms with Gasteiger partial charge in [0.25, 0.3) is 0 Å². The number of fused-ring (bicyclic) bond motifs is 1. The van der Waals surface area contributed by atoms with Gasteiger partial charge in [-0.2, -0.15) is 0 Å². The molecule has 2 aliphatic heterocycles. The van der Waals surface area contributed by atoms with Crippen LogP contribution in [0.15, 0.2) is 24.3 Å². The lowest BCUT2D eigenvalue weighted by Crippen LogP contribution is -2.49. The Balaban J connectivity index is 1.92. The lowest BCUT2D eigenvalue weighted by Gasteiger charge is -2.30. The van der Waals surface area contributed by atoms with Crippen molar-refractivity contribution in [1.82, 2.24) is 5.32 Å². The first-order valence-corrected chi connectivity index (χ1v) is 6.19. The molecule has 0 spiro atoms. The van der Waals surface area contributed by atoms with Crippen molar-refractivity contribution in [2.75, 3.05) is 23.3 Å². The summed E-state index contributed by atoms with van der Waals surface area (Å²) >= 11 is 0. The fourth-order valence-electron chi connectivity index (χ4n) is 2.51. The SMILES string of the molecule is O=C1CN(C(=O)[C@@H]2CCCN2)c2ccccc2N1. The van der Waals surface area contributed by atoms with Crippen LogP contribution < -0.4 is 15.5 Å². The average molecular weight is 245 g/mol. The van der Waals surface area contributed by atoms with E-state index in [1.54, 1.807) is 4.90 Å². The van der Waals surface area contributed by atoms with Gasteiger partial charge in [0.15, 0.2) is 0 Å². The van der Waals surface area contributed by atoms with Crippen molar-refractivity contribution in [1.29, 1.82) is 0 Å². The summed E-state index contributed by atoms with van der Waals surface area (Å²) in [7, 11) is 0. The number of anilines is 2. The Morgan fingerprint density at radius 2 is 2.17 bits per heavy atom. The molecule has 0 radical (unpaired) electrons. The molecular weight excluding hydrogens is 230 g/mol. The Morgan fingerprint density at radius 3 is 2.94 bits per heavy atom. The van der Waals surface area contributed by atoms with E-state index in [1.807, 2.05) is 24.3 Å². The van der Waals surface area contributed by atoms with Gasteiger partial charge in [0.05, 0.1) is 17.4 Å². The van der Waals surface area contributed by atoms with Gasteiger partial charge in [-0.25, -0.2) is 0 Å². The molecule has 1 aromatic rings. The first kappa shape index (κ1) is 11.2. The molecule has 1 aromatic carbocycles. The summed E-state index contributed by atoms with van der Waals surface area (Å²) in [4.78, 5) is 25.6. The van der Waals surface area contributed by atoms with E-state index >= 15 is 0 Å². The van der Waals surface area contributed by atoms with Gasteiger partial charge in [-0.05, 0) is 31.5 Å². The monoisotopic (exact) mass is 245 g/mol. The van der Waals surface area contributed by atoms with Gasteiger partial charge >= 0.3 is 0 Å². The third kappa shape index (κ3) is 1.86. The number of nitrogens with one attached hydrogen (secondary N) is 2. The first-order valence-electron chi connectivity index (χ1n) is 6.19. The standard InChI is InChI=1S/C13H15N3O2/c17-12-8-16(13(18)10-5-3-7-14-10)11-6-2-1-4-9(11)15-12/h1-2,4,6,10,14H,3,5,7-8H2,(H,15,17)/t10-/m0/s1. The van der Waals surface area contributed by atoms with Crippen LogP contribution in [0.25, 0.3) is 0 Å². The molecule has 3 rings (SSSR count). The van der Waals surface area contributed by atoms with Crippen LogP contribution in [0.3, 0.4) is 0 Å². The van der Waals surface area contributed by atoms with Gasteiger partial charge < -0.3 is 10.6 Å². The third-order valence-corrected chi connectivity index (χ3v) is 3.40. The topological polar surface area (TPSA) is 61.4 Å². The highest BCUT2D eigenvalue weighted by Crippen LogP contribution is 2.29. The average Bonchev–Trinajstić information content (AvgIpc) is 2.90. The van der Waals surface area contributed by atoms with Crippen LogP contribution >= 0.6 is 0 Å². The molecule has 2 amide bonds. The molecule has 94 valence electrons. The van der Waals surface area contributed by atoms with Gasteiger partial charge in [-0.15, -0.1) is 0 Å². The number of rotatable bonds is 1. The number of carbonyl (C=O) groups excluding carboxylic acids is 2. The number of benzene rings is 1. The Kier molecular flexibility index (Phi) is 2.76. The molecule has 2 aliphatic rings. The van der Waals surface area contributed by atoms with Crippen molar-refractivity contribution in [3.63, 3.8) is 0 Å². The van der Waals surface area contributed by atoms with Crippen molar-refractivity contribution in [3.8, 4) is 0 Å². The lowest BCUT2D eigenvalue weighted by molar-refractivity contribution is -0.123. The number of amides is 2. The zero-order chi connectivity index (χ0) is 12.5. The first-order chi connectivity index (χ1) is 8.75. The molecule has 2 heterocycles. The summed E-state index contributed by atoms with van der Waals surface area (Å²) in [6, 6.07) is 7.25. The van der Waals surface area contributed by atoms with E-state index in [-0.39, 0.29) is 24.4 Å². The molecule has 0 aliphatic carbocycles. The van der Waals surface area contributed by atoms with E-state index in [4.69, 9.17) is 0 Å². The Bertz CT molecular complexity index is 495. The second-order valence-corrected chi connectivity index (χ2v) is 4.64. The fourth-order valence-corrected chi connectivity index (χ4v) is 2.51. The lowest BCUT2D eigenvalue weighted by atomic mass is 10.1. The van der Waals surface area contributed by atoms with E-state index in [1.165, 1.54) is 0 Å². The molecule has 1 fully saturated rings. The Hall–Kier alpha value is -1.88. The van der Waals surface area contributed by atoms with Crippen LogP contribution in [0.4, 0.5) is 11.4 Å². The summed E-state index contributed by atoms with van der Waals surface area (Å²) in [6.07, 6.45) is 1.86. The van der Waals surface area contributed by atoms with E-state index in [9.17, 15) is 9.59 Å². The predicted molar refractivity (Wildman–Crippen MR) is 68.4 cm³/mol.